The number of halogens is 3. The summed E-state index contributed by atoms with van der Waals surface area (Å²) in [6.07, 6.45) is -5.13. The van der Waals surface area contributed by atoms with E-state index in [4.69, 9.17) is 0 Å². The molecule has 1 saturated heterocycles. The normalized spacial score (nSPS) is 18.1. The van der Waals surface area contributed by atoms with Crippen LogP contribution in [0.15, 0.2) is 59.5 Å². The topological polar surface area (TPSA) is 62.0 Å². The minimum Gasteiger partial charge on any atom is -0.382 e. The zero-order chi connectivity index (χ0) is 20.4. The van der Waals surface area contributed by atoms with Gasteiger partial charge < -0.3 is 10.0 Å². The van der Waals surface area contributed by atoms with Crippen molar-refractivity contribution in [3.63, 3.8) is 0 Å². The quantitative estimate of drug-likeness (QED) is 0.775. The van der Waals surface area contributed by atoms with Gasteiger partial charge in [0.05, 0.1) is 36.6 Å². The van der Waals surface area contributed by atoms with Crippen molar-refractivity contribution in [3.05, 3.63) is 65.7 Å². The van der Waals surface area contributed by atoms with Crippen LogP contribution in [-0.4, -0.2) is 50.6 Å². The molecule has 9 heteroatoms. The molecule has 28 heavy (non-hydrogen) atoms. The van der Waals surface area contributed by atoms with Gasteiger partial charge in [-0.25, -0.2) is 8.42 Å². The van der Waals surface area contributed by atoms with E-state index in [0.29, 0.717) is 19.6 Å². The van der Waals surface area contributed by atoms with Crippen molar-refractivity contribution in [3.8, 4) is 0 Å². The highest BCUT2D eigenvalue weighted by atomic mass is 32.2. The summed E-state index contributed by atoms with van der Waals surface area (Å²) >= 11 is 0. The first-order valence-corrected chi connectivity index (χ1v) is 10.4. The van der Waals surface area contributed by atoms with Crippen molar-refractivity contribution in [1.29, 1.82) is 0 Å². The number of aliphatic hydroxyl groups is 1. The first kappa shape index (κ1) is 20.8. The zero-order valence-electron chi connectivity index (χ0n) is 15.1. The maximum Gasteiger partial charge on any atom is 0.416 e. The molecule has 3 rings (SSSR count). The van der Waals surface area contributed by atoms with Crippen molar-refractivity contribution < 1.29 is 31.6 Å². The van der Waals surface area contributed by atoms with Crippen molar-refractivity contribution >= 4 is 10.0 Å². The number of aliphatic hydroxyl groups excluding tert-OH is 1. The lowest BCUT2D eigenvalue weighted by Crippen LogP contribution is -3.15. The summed E-state index contributed by atoms with van der Waals surface area (Å²) in [4.78, 5) is 0.934. The average molecular weight is 415 g/mol. The van der Waals surface area contributed by atoms with Gasteiger partial charge in [0, 0.05) is 0 Å². The van der Waals surface area contributed by atoms with Crippen molar-refractivity contribution in [1.82, 2.24) is 4.31 Å². The second kappa shape index (κ2) is 8.20. The van der Waals surface area contributed by atoms with E-state index in [9.17, 15) is 26.7 Å². The second-order valence-electron chi connectivity index (χ2n) is 6.81. The van der Waals surface area contributed by atoms with Crippen LogP contribution in [0, 0.1) is 0 Å². The fourth-order valence-corrected chi connectivity index (χ4v) is 4.72. The molecule has 0 spiro atoms. The van der Waals surface area contributed by atoms with Crippen LogP contribution in [0.4, 0.5) is 13.2 Å². The Morgan fingerprint density at radius 3 is 2.11 bits per heavy atom. The Labute approximate surface area is 162 Å². The van der Waals surface area contributed by atoms with E-state index in [1.165, 1.54) is 4.31 Å². The average Bonchev–Trinajstić information content (AvgIpc) is 2.68. The molecule has 0 aliphatic carbocycles. The molecule has 0 bridgehead atoms. The van der Waals surface area contributed by atoms with Crippen LogP contribution in [0.3, 0.4) is 0 Å². The van der Waals surface area contributed by atoms with Gasteiger partial charge in [0.25, 0.3) is 0 Å². The monoisotopic (exact) mass is 415 g/mol. The standard InChI is InChI=1S/C19H21F3N2O3S/c20-19(21,22)16-6-8-17(9-7-16)28(26,27)24-12-10-23(11-13-24)14-18(25)15-4-2-1-3-5-15/h1-9,18,25H,10-14H2/p+1/t18-/m1/s1. The molecule has 0 radical (unpaired) electrons. The van der Waals surface area contributed by atoms with E-state index in [0.717, 1.165) is 34.7 Å². The molecule has 0 amide bonds. The number of alkyl halides is 3. The van der Waals surface area contributed by atoms with Gasteiger partial charge in [0.15, 0.2) is 0 Å². The number of quaternary nitrogens is 1. The molecule has 0 aromatic heterocycles. The van der Waals surface area contributed by atoms with Crippen LogP contribution in [0.5, 0.6) is 0 Å². The van der Waals surface area contributed by atoms with Gasteiger partial charge in [0.2, 0.25) is 10.0 Å². The van der Waals surface area contributed by atoms with Gasteiger partial charge >= 0.3 is 6.18 Å². The molecule has 2 aromatic rings. The molecule has 5 nitrogen and oxygen atoms in total. The summed E-state index contributed by atoms with van der Waals surface area (Å²) < 4.78 is 64.6. The Balaban J connectivity index is 1.60. The number of rotatable bonds is 5. The van der Waals surface area contributed by atoms with Gasteiger partial charge in [0.1, 0.15) is 12.6 Å². The molecule has 1 atom stereocenters. The largest absolute Gasteiger partial charge is 0.416 e. The van der Waals surface area contributed by atoms with Crippen LogP contribution in [0.2, 0.25) is 0 Å². The molecule has 1 heterocycles. The molecule has 2 aromatic carbocycles. The Bertz CT molecular complexity index is 879. The molecule has 1 fully saturated rings. The Morgan fingerprint density at radius 2 is 1.57 bits per heavy atom. The van der Waals surface area contributed by atoms with Crippen molar-refractivity contribution in [2.75, 3.05) is 32.7 Å². The molecule has 0 saturated carbocycles. The summed E-state index contributed by atoms with van der Waals surface area (Å²) in [5.41, 5.74) is -0.0644. The van der Waals surface area contributed by atoms with Gasteiger partial charge in [-0.3, -0.25) is 0 Å². The maximum atomic E-state index is 12.7. The molecule has 1 aliphatic rings. The predicted molar refractivity (Wildman–Crippen MR) is 97.2 cm³/mol. The molecule has 152 valence electrons. The smallest absolute Gasteiger partial charge is 0.382 e. The number of hydrogen-bond acceptors (Lipinski definition) is 3. The highest BCUT2D eigenvalue weighted by Crippen LogP contribution is 2.30. The van der Waals surface area contributed by atoms with Gasteiger partial charge in [-0.1, -0.05) is 30.3 Å². The summed E-state index contributed by atoms with van der Waals surface area (Å²) in [5, 5.41) is 10.3. The first-order chi connectivity index (χ1) is 13.2. The van der Waals surface area contributed by atoms with Crippen LogP contribution in [0.1, 0.15) is 17.2 Å². The van der Waals surface area contributed by atoms with Gasteiger partial charge in [-0.2, -0.15) is 17.5 Å². The van der Waals surface area contributed by atoms with Gasteiger partial charge in [-0.15, -0.1) is 0 Å². The summed E-state index contributed by atoms with van der Waals surface area (Å²) in [7, 11) is -3.84. The Morgan fingerprint density at radius 1 is 1.00 bits per heavy atom. The van der Waals surface area contributed by atoms with Crippen LogP contribution >= 0.6 is 0 Å². The molecule has 1 aliphatic heterocycles. The number of sulfonamides is 1. The third-order valence-electron chi connectivity index (χ3n) is 4.92. The number of benzene rings is 2. The van der Waals surface area contributed by atoms with Crippen LogP contribution in [0.25, 0.3) is 0 Å². The highest BCUT2D eigenvalue weighted by molar-refractivity contribution is 7.89. The van der Waals surface area contributed by atoms with E-state index >= 15 is 0 Å². The Hall–Kier alpha value is -1.94. The van der Waals surface area contributed by atoms with E-state index in [2.05, 4.69) is 0 Å². The number of nitrogens with one attached hydrogen (secondary N) is 1. The first-order valence-electron chi connectivity index (χ1n) is 8.92. The fraction of sp³-hybridized carbons (Fsp3) is 0.368. The summed E-state index contributed by atoms with van der Waals surface area (Å²) in [6, 6.07) is 12.8. The van der Waals surface area contributed by atoms with Crippen molar-refractivity contribution in [2.45, 2.75) is 17.2 Å². The molecular weight excluding hydrogens is 393 g/mol. The van der Waals surface area contributed by atoms with E-state index in [-0.39, 0.29) is 18.0 Å². The van der Waals surface area contributed by atoms with Crippen LogP contribution < -0.4 is 4.90 Å². The summed E-state index contributed by atoms with van der Waals surface area (Å²) in [6.45, 7) is 2.01. The minimum absolute atomic E-state index is 0.145. The number of piperazine rings is 1. The lowest BCUT2D eigenvalue weighted by Gasteiger charge is -2.32. The molecule has 0 unspecified atom stereocenters. The zero-order valence-corrected chi connectivity index (χ0v) is 15.9. The second-order valence-corrected chi connectivity index (χ2v) is 8.74. The van der Waals surface area contributed by atoms with Crippen molar-refractivity contribution in [2.24, 2.45) is 0 Å². The minimum atomic E-state index is -4.50. The van der Waals surface area contributed by atoms with E-state index < -0.39 is 27.9 Å². The lowest BCUT2D eigenvalue weighted by molar-refractivity contribution is -0.907. The maximum absolute atomic E-state index is 12.7. The Kier molecular flexibility index (Phi) is 6.09. The third-order valence-corrected chi connectivity index (χ3v) is 6.83. The van der Waals surface area contributed by atoms with E-state index in [1.807, 2.05) is 30.3 Å². The lowest BCUT2D eigenvalue weighted by atomic mass is 10.1. The predicted octanol–water partition coefficient (Wildman–Crippen LogP) is 1.33. The number of hydrogen-bond donors (Lipinski definition) is 2. The van der Waals surface area contributed by atoms with Crippen LogP contribution in [-0.2, 0) is 16.2 Å². The highest BCUT2D eigenvalue weighted by Gasteiger charge is 2.33. The summed E-state index contributed by atoms with van der Waals surface area (Å²) in [5.74, 6) is 0. The van der Waals surface area contributed by atoms with Gasteiger partial charge in [-0.05, 0) is 29.8 Å². The van der Waals surface area contributed by atoms with E-state index in [1.54, 1.807) is 0 Å². The molecular formula is C19H22F3N2O3S+. The third kappa shape index (κ3) is 4.72. The SMILES string of the molecule is O=S(=O)(c1ccc(C(F)(F)F)cc1)N1CC[NH+](C[C@@H](O)c2ccccc2)CC1. The number of nitrogens with zero attached hydrogens (tertiary/aromatic N) is 1. The molecule has 2 N–H and O–H groups in total. The fourth-order valence-electron chi connectivity index (χ4n) is 3.28.